The van der Waals surface area contributed by atoms with Gasteiger partial charge in [-0.1, -0.05) is 30.8 Å². The Bertz CT molecular complexity index is 619. The first-order valence-corrected chi connectivity index (χ1v) is 8.56. The Hall–Kier alpha value is -1.77. The van der Waals surface area contributed by atoms with Gasteiger partial charge in [-0.3, -0.25) is 0 Å². The lowest BCUT2D eigenvalue weighted by atomic mass is 9.64. The largest absolute Gasteiger partial charge is 0.444 e. The van der Waals surface area contributed by atoms with Gasteiger partial charge >= 0.3 is 6.09 Å². The maximum absolute atomic E-state index is 12.3. The summed E-state index contributed by atoms with van der Waals surface area (Å²) in [4.78, 5) is 14.1. The average molecular weight is 313 g/mol. The van der Waals surface area contributed by atoms with Crippen LogP contribution < -0.4 is 0 Å². The van der Waals surface area contributed by atoms with Gasteiger partial charge in [-0.25, -0.2) is 4.79 Å². The lowest BCUT2D eigenvalue weighted by molar-refractivity contribution is 0.0158. The molecule has 0 saturated carbocycles. The Labute approximate surface area is 139 Å². The average Bonchev–Trinajstić information content (AvgIpc) is 2.51. The highest BCUT2D eigenvalue weighted by atomic mass is 16.6. The molecule has 3 nitrogen and oxygen atoms in total. The van der Waals surface area contributed by atoms with Gasteiger partial charge in [0.25, 0.3) is 0 Å². The van der Waals surface area contributed by atoms with E-state index in [9.17, 15) is 4.79 Å². The molecular weight excluding hydrogens is 286 g/mol. The minimum absolute atomic E-state index is 0.180. The zero-order valence-corrected chi connectivity index (χ0v) is 14.5. The molecule has 1 aliphatic heterocycles. The second-order valence-electron chi connectivity index (χ2n) is 7.90. The lowest BCUT2D eigenvalue weighted by Crippen LogP contribution is -2.47. The van der Waals surface area contributed by atoms with Crippen molar-refractivity contribution in [3.8, 4) is 0 Å². The molecular formula is C20H27NO2. The van der Waals surface area contributed by atoms with Crippen molar-refractivity contribution in [3.05, 3.63) is 42.0 Å². The highest BCUT2D eigenvalue weighted by Crippen LogP contribution is 2.47. The molecule has 23 heavy (non-hydrogen) atoms. The Morgan fingerprint density at radius 3 is 2.48 bits per heavy atom. The Morgan fingerprint density at radius 1 is 1.17 bits per heavy atom. The first-order chi connectivity index (χ1) is 10.8. The van der Waals surface area contributed by atoms with Gasteiger partial charge in [-0.05, 0) is 68.6 Å². The van der Waals surface area contributed by atoms with Crippen molar-refractivity contribution in [2.45, 2.75) is 57.5 Å². The van der Waals surface area contributed by atoms with Crippen molar-refractivity contribution in [1.29, 1.82) is 0 Å². The summed E-state index contributed by atoms with van der Waals surface area (Å²) in [6, 6.07) is 8.67. The summed E-state index contributed by atoms with van der Waals surface area (Å²) in [5, 5.41) is 0. The molecule has 0 radical (unpaired) electrons. The number of rotatable bonds is 0. The molecule has 3 heteroatoms. The van der Waals surface area contributed by atoms with Gasteiger partial charge < -0.3 is 9.64 Å². The van der Waals surface area contributed by atoms with Crippen LogP contribution in [0.15, 0.2) is 30.8 Å². The number of amides is 1. The maximum Gasteiger partial charge on any atom is 0.410 e. The summed E-state index contributed by atoms with van der Waals surface area (Å²) in [5.41, 5.74) is 3.78. The van der Waals surface area contributed by atoms with E-state index in [2.05, 4.69) is 30.8 Å². The molecule has 1 aliphatic carbocycles. The second-order valence-corrected chi connectivity index (χ2v) is 7.90. The molecule has 0 aromatic heterocycles. The predicted octanol–water partition coefficient (Wildman–Crippen LogP) is 4.76. The summed E-state index contributed by atoms with van der Waals surface area (Å²) in [6.45, 7) is 11.5. The summed E-state index contributed by atoms with van der Waals surface area (Å²) in [5.74, 6) is 0. The van der Waals surface area contributed by atoms with Crippen LogP contribution in [0.4, 0.5) is 4.79 Å². The third kappa shape index (κ3) is 3.15. The molecule has 3 rings (SSSR count). The highest BCUT2D eigenvalue weighted by Gasteiger charge is 2.41. The van der Waals surface area contributed by atoms with Crippen LogP contribution in [-0.4, -0.2) is 29.7 Å². The van der Waals surface area contributed by atoms with E-state index >= 15 is 0 Å². The van der Waals surface area contributed by atoms with E-state index in [0.717, 1.165) is 38.8 Å². The van der Waals surface area contributed by atoms with Crippen LogP contribution in [0.3, 0.4) is 0 Å². The van der Waals surface area contributed by atoms with Gasteiger partial charge in [0.05, 0.1) is 0 Å². The fourth-order valence-electron chi connectivity index (χ4n) is 3.88. The van der Waals surface area contributed by atoms with E-state index in [1.54, 1.807) is 0 Å². The van der Waals surface area contributed by atoms with Crippen LogP contribution in [0, 0.1) is 0 Å². The Balaban J connectivity index is 1.75. The molecule has 0 atom stereocenters. The van der Waals surface area contributed by atoms with E-state index in [-0.39, 0.29) is 11.5 Å². The number of allylic oxidation sites excluding steroid dienone is 1. The molecule has 1 amide bonds. The van der Waals surface area contributed by atoms with Crippen molar-refractivity contribution < 1.29 is 9.53 Å². The predicted molar refractivity (Wildman–Crippen MR) is 93.4 cm³/mol. The smallest absolute Gasteiger partial charge is 0.410 e. The van der Waals surface area contributed by atoms with Crippen LogP contribution in [0.2, 0.25) is 0 Å². The van der Waals surface area contributed by atoms with E-state index < -0.39 is 5.60 Å². The topological polar surface area (TPSA) is 29.5 Å². The molecule has 0 unspecified atom stereocenters. The number of carbonyl (C=O) groups excluding carboxylic acids is 1. The lowest BCUT2D eigenvalue weighted by Gasteiger charge is -2.45. The third-order valence-electron chi connectivity index (χ3n) is 5.16. The minimum atomic E-state index is -0.429. The SMILES string of the molecule is C=C1CCC2(CCN(C(=O)OC(C)(C)C)CC2)c2ccccc21. The molecule has 0 bridgehead atoms. The van der Waals surface area contributed by atoms with Crippen molar-refractivity contribution in [3.63, 3.8) is 0 Å². The number of fused-ring (bicyclic) bond motifs is 2. The number of nitrogens with zero attached hydrogens (tertiary/aromatic N) is 1. The fourth-order valence-corrected chi connectivity index (χ4v) is 3.88. The number of likely N-dealkylation sites (tertiary alicyclic amines) is 1. The van der Waals surface area contributed by atoms with Gasteiger partial charge in [0, 0.05) is 13.1 Å². The quantitative estimate of drug-likeness (QED) is 0.691. The van der Waals surface area contributed by atoms with Crippen LogP contribution in [-0.2, 0) is 10.2 Å². The molecule has 1 spiro atoms. The summed E-state index contributed by atoms with van der Waals surface area (Å²) in [6.07, 6.45) is 4.04. The van der Waals surface area contributed by atoms with Crippen LogP contribution in [0.5, 0.6) is 0 Å². The van der Waals surface area contributed by atoms with Gasteiger partial charge in [0.2, 0.25) is 0 Å². The highest BCUT2D eigenvalue weighted by molar-refractivity contribution is 5.71. The molecule has 2 aliphatic rings. The molecule has 1 saturated heterocycles. The standard InChI is InChI=1S/C20H27NO2/c1-15-9-10-20(17-8-6-5-7-16(15)17)11-13-21(14-12-20)18(22)23-19(2,3)4/h5-8H,1,9-14H2,2-4H3. The summed E-state index contributed by atoms with van der Waals surface area (Å²) < 4.78 is 5.51. The number of piperidine rings is 1. The summed E-state index contributed by atoms with van der Waals surface area (Å²) in [7, 11) is 0. The van der Waals surface area contributed by atoms with E-state index in [0.29, 0.717) is 0 Å². The number of benzene rings is 1. The number of hydrogen-bond acceptors (Lipinski definition) is 2. The van der Waals surface area contributed by atoms with Gasteiger partial charge in [-0.15, -0.1) is 0 Å². The zero-order valence-electron chi connectivity index (χ0n) is 14.5. The zero-order chi connectivity index (χ0) is 16.7. The van der Waals surface area contributed by atoms with Gasteiger partial charge in [0.15, 0.2) is 0 Å². The third-order valence-corrected chi connectivity index (χ3v) is 5.16. The number of hydrogen-bond donors (Lipinski definition) is 0. The first kappa shape index (κ1) is 16.1. The Morgan fingerprint density at radius 2 is 1.83 bits per heavy atom. The van der Waals surface area contributed by atoms with Gasteiger partial charge in [0.1, 0.15) is 5.60 Å². The monoisotopic (exact) mass is 313 g/mol. The molecule has 1 heterocycles. The van der Waals surface area contributed by atoms with E-state index in [1.807, 2.05) is 25.7 Å². The van der Waals surface area contributed by atoms with E-state index in [4.69, 9.17) is 4.74 Å². The molecule has 0 N–H and O–H groups in total. The van der Waals surface area contributed by atoms with Crippen LogP contribution in [0.1, 0.15) is 57.6 Å². The Kier molecular flexibility index (Phi) is 3.99. The first-order valence-electron chi connectivity index (χ1n) is 8.56. The molecule has 1 aromatic carbocycles. The molecule has 124 valence electrons. The molecule has 1 aromatic rings. The normalized spacial score (nSPS) is 20.3. The number of carbonyl (C=O) groups is 1. The fraction of sp³-hybridized carbons (Fsp3) is 0.550. The number of ether oxygens (including phenoxy) is 1. The van der Waals surface area contributed by atoms with E-state index in [1.165, 1.54) is 16.7 Å². The van der Waals surface area contributed by atoms with Crippen molar-refractivity contribution >= 4 is 11.7 Å². The van der Waals surface area contributed by atoms with Gasteiger partial charge in [-0.2, -0.15) is 0 Å². The van der Waals surface area contributed by atoms with Crippen molar-refractivity contribution in [1.82, 2.24) is 4.90 Å². The van der Waals surface area contributed by atoms with Crippen molar-refractivity contribution in [2.75, 3.05) is 13.1 Å². The molecule has 1 fully saturated rings. The van der Waals surface area contributed by atoms with Crippen molar-refractivity contribution in [2.24, 2.45) is 0 Å². The maximum atomic E-state index is 12.3. The van der Waals surface area contributed by atoms with Crippen LogP contribution >= 0.6 is 0 Å². The minimum Gasteiger partial charge on any atom is -0.444 e. The van der Waals surface area contributed by atoms with Crippen LogP contribution in [0.25, 0.3) is 5.57 Å². The summed E-state index contributed by atoms with van der Waals surface area (Å²) >= 11 is 0. The second kappa shape index (κ2) is 5.70.